The number of carbonyl (C=O) groups excluding carboxylic acids is 3. The molecule has 244 valence electrons. The largest absolute Gasteiger partial charge is 0.467 e. The van der Waals surface area contributed by atoms with Gasteiger partial charge < -0.3 is 30.4 Å². The Balaban J connectivity index is 1.55. The van der Waals surface area contributed by atoms with Gasteiger partial charge in [-0.1, -0.05) is 13.8 Å². The average Bonchev–Trinajstić information content (AvgIpc) is 2.99. The standard InChI is InChI=1S/C31H43N7O7/c1-6-38(7-2)20-12-11-19-15-21(28(41)45-25(19)16-20)23-17-26(39)36-30(35-23)37-31(43)33-13-9-8-10-22(32)27(40)34-24(14-18(3)4)29(42)44-5/h11-12,15-18,22,24H,6-10,13-14,32H2,1-5H3,(H,34,40)(H3,33,35,36,37,39,43)/t22-,24-/m0/s1. The van der Waals surface area contributed by atoms with Crippen LogP contribution in [-0.2, 0) is 14.3 Å². The Morgan fingerprint density at radius 3 is 2.49 bits per heavy atom. The Morgan fingerprint density at radius 1 is 1.09 bits per heavy atom. The fourth-order valence-electron chi connectivity index (χ4n) is 4.80. The maximum Gasteiger partial charge on any atom is 0.345 e. The molecule has 3 aromatic rings. The molecule has 0 spiro atoms. The SMILES string of the molecule is CCN(CC)c1ccc2cc(-c3cc(=O)[nH]c(NC(=O)NCCCC[C@H](N)C(=O)N[C@@H](CC(C)C)C(=O)OC)n3)c(=O)oc2c1. The monoisotopic (exact) mass is 625 g/mol. The van der Waals surface area contributed by atoms with E-state index in [2.05, 4.69) is 30.8 Å². The van der Waals surface area contributed by atoms with Crippen LogP contribution >= 0.6 is 0 Å². The maximum absolute atomic E-state index is 12.8. The smallest absolute Gasteiger partial charge is 0.345 e. The van der Waals surface area contributed by atoms with E-state index < -0.39 is 41.2 Å². The first-order chi connectivity index (χ1) is 21.4. The molecule has 14 heteroatoms. The minimum Gasteiger partial charge on any atom is -0.467 e. The van der Waals surface area contributed by atoms with Crippen molar-refractivity contribution in [3.63, 3.8) is 0 Å². The number of nitrogens with two attached hydrogens (primary N) is 1. The Labute approximate surface area is 261 Å². The van der Waals surface area contributed by atoms with Crippen LogP contribution in [0.3, 0.4) is 0 Å². The Kier molecular flexibility index (Phi) is 12.7. The number of H-pyrrole nitrogens is 1. The molecule has 14 nitrogen and oxygen atoms in total. The minimum absolute atomic E-state index is 0.0487. The number of ether oxygens (including phenoxy) is 1. The van der Waals surface area contributed by atoms with Crippen LogP contribution < -0.4 is 37.8 Å². The molecule has 0 aliphatic rings. The second kappa shape index (κ2) is 16.4. The van der Waals surface area contributed by atoms with E-state index in [1.165, 1.54) is 7.11 Å². The first kappa shape index (κ1) is 34.8. The lowest BCUT2D eigenvalue weighted by atomic mass is 10.0. The van der Waals surface area contributed by atoms with Crippen LogP contribution in [0.15, 0.2) is 44.3 Å². The van der Waals surface area contributed by atoms with Gasteiger partial charge in [0.05, 0.1) is 24.4 Å². The quantitative estimate of drug-likeness (QED) is 0.0949. The Morgan fingerprint density at radius 2 is 1.82 bits per heavy atom. The van der Waals surface area contributed by atoms with Gasteiger partial charge in [-0.15, -0.1) is 0 Å². The van der Waals surface area contributed by atoms with Crippen LogP contribution in [0.2, 0.25) is 0 Å². The number of unbranched alkanes of at least 4 members (excludes halogenated alkanes) is 1. The van der Waals surface area contributed by atoms with Crippen molar-refractivity contribution in [1.82, 2.24) is 20.6 Å². The van der Waals surface area contributed by atoms with Gasteiger partial charge in [-0.25, -0.2) is 19.4 Å². The summed E-state index contributed by atoms with van der Waals surface area (Å²) in [5.41, 5.74) is 6.22. The highest BCUT2D eigenvalue weighted by Gasteiger charge is 2.25. The molecule has 2 aromatic heterocycles. The van der Waals surface area contributed by atoms with E-state index >= 15 is 0 Å². The lowest BCUT2D eigenvalue weighted by Crippen LogP contribution is -2.49. The third-order valence-corrected chi connectivity index (χ3v) is 7.17. The molecule has 1 aromatic carbocycles. The van der Waals surface area contributed by atoms with E-state index in [0.717, 1.165) is 24.8 Å². The predicted molar refractivity (Wildman–Crippen MR) is 172 cm³/mol. The van der Waals surface area contributed by atoms with E-state index in [0.29, 0.717) is 36.7 Å². The molecule has 0 aliphatic carbocycles. The molecule has 0 radical (unpaired) electrons. The second-order valence-electron chi connectivity index (χ2n) is 11.0. The van der Waals surface area contributed by atoms with Crippen molar-refractivity contribution >= 4 is 40.5 Å². The van der Waals surface area contributed by atoms with Crippen molar-refractivity contribution in [2.75, 3.05) is 37.0 Å². The fourth-order valence-corrected chi connectivity index (χ4v) is 4.80. The molecule has 2 heterocycles. The van der Waals surface area contributed by atoms with Crippen LogP contribution in [0.5, 0.6) is 0 Å². The van der Waals surface area contributed by atoms with Crippen molar-refractivity contribution < 1.29 is 23.5 Å². The van der Waals surface area contributed by atoms with E-state index in [4.69, 9.17) is 14.9 Å². The first-order valence-corrected chi connectivity index (χ1v) is 15.1. The number of aromatic nitrogens is 2. The molecule has 0 aliphatic heterocycles. The van der Waals surface area contributed by atoms with Gasteiger partial charge in [-0.2, -0.15) is 0 Å². The fraction of sp³-hybridized carbons (Fsp3) is 0.484. The molecular weight excluding hydrogens is 582 g/mol. The summed E-state index contributed by atoms with van der Waals surface area (Å²) in [6, 6.07) is 6.10. The number of esters is 1. The minimum atomic E-state index is -0.827. The number of carbonyl (C=O) groups is 3. The number of hydrogen-bond acceptors (Lipinski definition) is 10. The summed E-state index contributed by atoms with van der Waals surface area (Å²) in [5.74, 6) is -0.947. The number of methoxy groups -OCH3 is 1. The molecule has 0 saturated heterocycles. The summed E-state index contributed by atoms with van der Waals surface area (Å²) < 4.78 is 10.3. The number of aromatic amines is 1. The summed E-state index contributed by atoms with van der Waals surface area (Å²) in [4.78, 5) is 70.8. The van der Waals surface area contributed by atoms with Crippen LogP contribution in [0.4, 0.5) is 16.4 Å². The van der Waals surface area contributed by atoms with Gasteiger partial charge in [0.15, 0.2) is 0 Å². The first-order valence-electron chi connectivity index (χ1n) is 15.1. The zero-order chi connectivity index (χ0) is 33.1. The molecule has 0 fully saturated rings. The van der Waals surface area contributed by atoms with Crippen molar-refractivity contribution in [2.45, 2.75) is 65.5 Å². The molecular formula is C31H43N7O7. The Bertz CT molecular complexity index is 1600. The molecule has 3 rings (SSSR count). The van der Waals surface area contributed by atoms with E-state index in [9.17, 15) is 24.0 Å². The van der Waals surface area contributed by atoms with Crippen LogP contribution in [0, 0.1) is 5.92 Å². The van der Waals surface area contributed by atoms with Crippen molar-refractivity contribution in [3.8, 4) is 11.3 Å². The summed E-state index contributed by atoms with van der Waals surface area (Å²) in [5, 5.41) is 8.42. The lowest BCUT2D eigenvalue weighted by Gasteiger charge is -2.21. The zero-order valence-electron chi connectivity index (χ0n) is 26.4. The van der Waals surface area contributed by atoms with Gasteiger partial charge in [-0.05, 0) is 63.6 Å². The zero-order valence-corrected chi connectivity index (χ0v) is 26.4. The number of anilines is 2. The number of nitrogens with one attached hydrogen (secondary N) is 4. The van der Waals surface area contributed by atoms with Crippen LogP contribution in [-0.4, -0.2) is 66.7 Å². The summed E-state index contributed by atoms with van der Waals surface area (Å²) in [6.07, 6.45) is 1.81. The third-order valence-electron chi connectivity index (χ3n) is 7.17. The number of nitrogens with zero attached hydrogens (tertiary/aromatic N) is 2. The van der Waals surface area contributed by atoms with Gasteiger partial charge in [0.1, 0.15) is 11.6 Å². The van der Waals surface area contributed by atoms with Crippen molar-refractivity contribution in [2.24, 2.45) is 11.7 Å². The lowest BCUT2D eigenvalue weighted by molar-refractivity contribution is -0.145. The number of rotatable bonds is 15. The highest BCUT2D eigenvalue weighted by atomic mass is 16.5. The number of urea groups is 1. The maximum atomic E-state index is 12.8. The summed E-state index contributed by atoms with van der Waals surface area (Å²) in [7, 11) is 1.26. The van der Waals surface area contributed by atoms with Gasteiger partial charge in [0, 0.05) is 42.8 Å². The molecule has 6 N–H and O–H groups in total. The predicted octanol–water partition coefficient (Wildman–Crippen LogP) is 2.71. The molecule has 45 heavy (non-hydrogen) atoms. The van der Waals surface area contributed by atoms with Gasteiger partial charge in [0.25, 0.3) is 5.56 Å². The number of benzene rings is 1. The number of fused-ring (bicyclic) bond motifs is 1. The van der Waals surface area contributed by atoms with Gasteiger partial charge >= 0.3 is 17.6 Å². The Hall–Kier alpha value is -4.72. The number of amides is 3. The van der Waals surface area contributed by atoms with Crippen LogP contribution in [0.1, 0.15) is 53.4 Å². The van der Waals surface area contributed by atoms with E-state index in [1.807, 2.05) is 39.8 Å². The molecule has 2 atom stereocenters. The normalized spacial score (nSPS) is 12.4. The van der Waals surface area contributed by atoms with Gasteiger partial charge in [-0.3, -0.25) is 19.9 Å². The van der Waals surface area contributed by atoms with Gasteiger partial charge in [0.2, 0.25) is 11.9 Å². The molecule has 0 saturated carbocycles. The van der Waals surface area contributed by atoms with Crippen molar-refractivity contribution in [3.05, 3.63) is 51.1 Å². The second-order valence-corrected chi connectivity index (χ2v) is 11.0. The molecule has 0 unspecified atom stereocenters. The summed E-state index contributed by atoms with van der Waals surface area (Å²) >= 11 is 0. The molecule has 0 bridgehead atoms. The topological polar surface area (TPSA) is 202 Å². The van der Waals surface area contributed by atoms with Crippen molar-refractivity contribution in [1.29, 1.82) is 0 Å². The van der Waals surface area contributed by atoms with Crippen LogP contribution in [0.25, 0.3) is 22.2 Å². The highest BCUT2D eigenvalue weighted by molar-refractivity contribution is 5.88. The third kappa shape index (κ3) is 9.89. The highest BCUT2D eigenvalue weighted by Crippen LogP contribution is 2.24. The average molecular weight is 626 g/mol. The number of hydrogen-bond donors (Lipinski definition) is 5. The van der Waals surface area contributed by atoms with E-state index in [1.54, 1.807) is 12.1 Å². The van der Waals surface area contributed by atoms with E-state index in [-0.39, 0.29) is 29.7 Å². The molecule has 3 amide bonds. The summed E-state index contributed by atoms with van der Waals surface area (Å²) in [6.45, 7) is 9.80.